The Bertz CT molecular complexity index is 389. The monoisotopic (exact) mass is 183 g/mol. The van der Waals surface area contributed by atoms with Crippen LogP contribution in [0.4, 0.5) is 0 Å². The van der Waals surface area contributed by atoms with Crippen molar-refractivity contribution in [1.82, 2.24) is 0 Å². The average Bonchev–Trinajstić information content (AvgIpc) is 2.23. The predicted molar refractivity (Wildman–Crippen MR) is 43.2 cm³/mol. The summed E-state index contributed by atoms with van der Waals surface area (Å²) in [4.78, 5) is 0. The van der Waals surface area contributed by atoms with Gasteiger partial charge in [0.05, 0.1) is 49.1 Å². The fourth-order valence-corrected chi connectivity index (χ4v) is 0.929. The Hall–Kier alpha value is -2.55. The lowest BCUT2D eigenvalue weighted by molar-refractivity contribution is 0.401. The van der Waals surface area contributed by atoms with Crippen molar-refractivity contribution in [1.29, 1.82) is 26.3 Å². The van der Waals surface area contributed by atoms with Crippen LogP contribution in [0.3, 0.4) is 0 Å². The first-order chi connectivity index (χ1) is 6.70. The molecule has 0 fully saturated rings. The van der Waals surface area contributed by atoms with Crippen LogP contribution in [0.1, 0.15) is 12.8 Å². The highest BCUT2D eigenvalue weighted by atomic mass is 14.5. The minimum Gasteiger partial charge on any atom is -0.198 e. The van der Waals surface area contributed by atoms with E-state index >= 15 is 0 Å². The Morgan fingerprint density at radius 2 is 1.50 bits per heavy atom. The predicted octanol–water partition coefficient (Wildman–Crippen LogP) is 0.987. The van der Waals surface area contributed by atoms with Gasteiger partial charge in [0.1, 0.15) is 0 Å². The number of nitriles is 5. The summed E-state index contributed by atoms with van der Waals surface area (Å²) in [5.74, 6) is -1.04. The quantitative estimate of drug-likeness (QED) is 0.645. The van der Waals surface area contributed by atoms with Gasteiger partial charge in [0.2, 0.25) is 0 Å². The van der Waals surface area contributed by atoms with E-state index in [0.29, 0.717) is 0 Å². The van der Waals surface area contributed by atoms with Gasteiger partial charge in [-0.05, 0) is 0 Å². The van der Waals surface area contributed by atoms with Crippen LogP contribution in [0.25, 0.3) is 0 Å². The summed E-state index contributed by atoms with van der Waals surface area (Å²) in [6, 6.07) is 8.40. The topological polar surface area (TPSA) is 119 Å². The summed E-state index contributed by atoms with van der Waals surface area (Å²) in [6.07, 6.45) is -0.584. The molecule has 0 aliphatic rings. The molecule has 0 bridgehead atoms. The molecule has 0 aromatic heterocycles. The molecule has 0 saturated heterocycles. The first-order valence-corrected chi connectivity index (χ1v) is 3.66. The van der Waals surface area contributed by atoms with Crippen molar-refractivity contribution >= 4 is 0 Å². The molecular weight excluding hydrogens is 178 g/mol. The molecule has 0 spiro atoms. The zero-order valence-electron chi connectivity index (χ0n) is 7.23. The molecule has 0 aliphatic carbocycles. The largest absolute Gasteiger partial charge is 0.198 e. The fraction of sp³-hybridized carbons (Fsp3) is 0.444. The third kappa shape index (κ3) is 1.98. The molecule has 0 saturated carbocycles. The minimum absolute atomic E-state index is 0.223. The number of rotatable bonds is 3. The van der Waals surface area contributed by atoms with Gasteiger partial charge in [-0.1, -0.05) is 0 Å². The summed E-state index contributed by atoms with van der Waals surface area (Å²) in [7, 11) is 0. The summed E-state index contributed by atoms with van der Waals surface area (Å²) in [6.45, 7) is 0. The lowest BCUT2D eigenvalue weighted by Gasteiger charge is -2.17. The van der Waals surface area contributed by atoms with Gasteiger partial charge in [0.15, 0.2) is 5.41 Å². The van der Waals surface area contributed by atoms with E-state index in [-0.39, 0.29) is 12.8 Å². The summed E-state index contributed by atoms with van der Waals surface area (Å²) >= 11 is 0. The van der Waals surface area contributed by atoms with Gasteiger partial charge in [-0.2, -0.15) is 26.3 Å². The Morgan fingerprint density at radius 3 is 1.79 bits per heavy atom. The SMILES string of the molecule is N#CCC(C#N)C(C#N)(C#N)CC#N. The number of nitrogens with zero attached hydrogens (tertiary/aromatic N) is 5. The third-order valence-corrected chi connectivity index (χ3v) is 1.80. The van der Waals surface area contributed by atoms with E-state index in [1.807, 2.05) is 0 Å². The lowest BCUT2D eigenvalue weighted by atomic mass is 9.75. The van der Waals surface area contributed by atoms with Crippen LogP contribution >= 0.6 is 0 Å². The zero-order valence-corrected chi connectivity index (χ0v) is 7.23. The summed E-state index contributed by atoms with van der Waals surface area (Å²) in [5.41, 5.74) is -1.68. The van der Waals surface area contributed by atoms with Gasteiger partial charge in [0.25, 0.3) is 0 Å². The maximum Gasteiger partial charge on any atom is 0.173 e. The van der Waals surface area contributed by atoms with Crippen LogP contribution in [0, 0.1) is 68.0 Å². The Labute approximate surface area is 81.6 Å². The third-order valence-electron chi connectivity index (χ3n) is 1.80. The molecule has 14 heavy (non-hydrogen) atoms. The second kappa shape index (κ2) is 5.16. The van der Waals surface area contributed by atoms with E-state index in [0.717, 1.165) is 0 Å². The Balaban J connectivity index is 5.15. The smallest absolute Gasteiger partial charge is 0.173 e. The van der Waals surface area contributed by atoms with E-state index in [2.05, 4.69) is 0 Å². The van der Waals surface area contributed by atoms with E-state index in [4.69, 9.17) is 26.3 Å². The van der Waals surface area contributed by atoms with Crippen molar-refractivity contribution in [3.8, 4) is 30.3 Å². The molecule has 5 heteroatoms. The second-order valence-electron chi connectivity index (χ2n) is 2.57. The van der Waals surface area contributed by atoms with Crippen LogP contribution in [-0.2, 0) is 0 Å². The molecule has 66 valence electrons. The molecule has 0 aliphatic heterocycles. The first kappa shape index (κ1) is 11.4. The van der Waals surface area contributed by atoms with Crippen LogP contribution in [0.2, 0.25) is 0 Å². The van der Waals surface area contributed by atoms with Crippen LogP contribution in [0.5, 0.6) is 0 Å². The normalized spacial score (nSPS) is 10.8. The van der Waals surface area contributed by atoms with Gasteiger partial charge in [-0.25, -0.2) is 0 Å². The van der Waals surface area contributed by atoms with Crippen molar-refractivity contribution in [3.05, 3.63) is 0 Å². The summed E-state index contributed by atoms with van der Waals surface area (Å²) < 4.78 is 0. The molecule has 0 radical (unpaired) electrons. The standard InChI is InChI=1S/C9H5N5/c10-3-1-8(5-12)9(6-13,7-14)2-4-11/h8H,1-2H2. The molecule has 0 N–H and O–H groups in total. The van der Waals surface area contributed by atoms with Crippen molar-refractivity contribution in [2.24, 2.45) is 11.3 Å². The molecular formula is C9H5N5. The van der Waals surface area contributed by atoms with Gasteiger partial charge >= 0.3 is 0 Å². The Morgan fingerprint density at radius 1 is 0.929 bits per heavy atom. The molecule has 0 aromatic carbocycles. The highest BCUT2D eigenvalue weighted by molar-refractivity contribution is 5.24. The average molecular weight is 183 g/mol. The van der Waals surface area contributed by atoms with Crippen molar-refractivity contribution in [3.63, 3.8) is 0 Å². The van der Waals surface area contributed by atoms with Crippen LogP contribution < -0.4 is 0 Å². The van der Waals surface area contributed by atoms with E-state index in [1.165, 1.54) is 0 Å². The highest BCUT2D eigenvalue weighted by Crippen LogP contribution is 2.31. The van der Waals surface area contributed by atoms with Gasteiger partial charge in [0, 0.05) is 0 Å². The van der Waals surface area contributed by atoms with Crippen molar-refractivity contribution < 1.29 is 0 Å². The van der Waals surface area contributed by atoms with Crippen LogP contribution in [0.15, 0.2) is 0 Å². The van der Waals surface area contributed by atoms with Crippen molar-refractivity contribution in [2.75, 3.05) is 0 Å². The molecule has 1 unspecified atom stereocenters. The summed E-state index contributed by atoms with van der Waals surface area (Å²) in [5, 5.41) is 43.0. The molecule has 0 rings (SSSR count). The van der Waals surface area contributed by atoms with E-state index in [9.17, 15) is 0 Å². The van der Waals surface area contributed by atoms with Gasteiger partial charge in [-0.15, -0.1) is 0 Å². The molecule has 0 aromatic rings. The number of hydrogen-bond donors (Lipinski definition) is 0. The molecule has 0 amide bonds. The van der Waals surface area contributed by atoms with Gasteiger partial charge in [-0.3, -0.25) is 0 Å². The lowest BCUT2D eigenvalue weighted by Crippen LogP contribution is -2.26. The van der Waals surface area contributed by atoms with Gasteiger partial charge < -0.3 is 0 Å². The van der Waals surface area contributed by atoms with E-state index < -0.39 is 11.3 Å². The fourth-order valence-electron chi connectivity index (χ4n) is 0.929. The second-order valence-corrected chi connectivity index (χ2v) is 2.57. The number of hydrogen-bond acceptors (Lipinski definition) is 5. The molecule has 0 heterocycles. The Kier molecular flexibility index (Phi) is 4.22. The highest BCUT2D eigenvalue weighted by Gasteiger charge is 2.40. The molecule has 1 atom stereocenters. The van der Waals surface area contributed by atoms with Crippen molar-refractivity contribution in [2.45, 2.75) is 12.8 Å². The molecule has 5 nitrogen and oxygen atoms in total. The van der Waals surface area contributed by atoms with Crippen LogP contribution in [-0.4, -0.2) is 0 Å². The first-order valence-electron chi connectivity index (χ1n) is 3.66. The minimum atomic E-state index is -1.68. The maximum absolute atomic E-state index is 8.75. The zero-order chi connectivity index (χ0) is 11.0. The van der Waals surface area contributed by atoms with E-state index in [1.54, 1.807) is 30.3 Å². The maximum atomic E-state index is 8.75.